The first-order chi connectivity index (χ1) is 10.7. The van der Waals surface area contributed by atoms with Crippen LogP contribution in [0.2, 0.25) is 0 Å². The number of aliphatic carboxylic acids is 1. The molecule has 23 heavy (non-hydrogen) atoms. The number of phenolic OH excluding ortho intramolecular Hbond substituents is 1. The molecular formula is C16H18F3NO3. The number of hydrogen-bond acceptors (Lipinski definition) is 3. The first-order valence-corrected chi connectivity index (χ1v) is 7.56. The Kier molecular flexibility index (Phi) is 3.78. The van der Waals surface area contributed by atoms with Crippen molar-refractivity contribution in [3.8, 4) is 5.75 Å². The Bertz CT molecular complexity index is 631. The van der Waals surface area contributed by atoms with Crippen LogP contribution in [-0.2, 0) is 17.5 Å². The van der Waals surface area contributed by atoms with Crippen molar-refractivity contribution in [2.75, 3.05) is 13.1 Å². The molecule has 2 fully saturated rings. The highest BCUT2D eigenvalue weighted by Crippen LogP contribution is 2.49. The molecule has 1 aliphatic carbocycles. The van der Waals surface area contributed by atoms with Gasteiger partial charge in [-0.05, 0) is 42.5 Å². The van der Waals surface area contributed by atoms with Crippen molar-refractivity contribution in [1.82, 2.24) is 4.90 Å². The third-order valence-corrected chi connectivity index (χ3v) is 5.08. The Labute approximate surface area is 131 Å². The molecule has 1 aliphatic heterocycles. The highest BCUT2D eigenvalue weighted by molar-refractivity contribution is 5.76. The number of fused-ring (bicyclic) bond motifs is 1. The second-order valence-electron chi connectivity index (χ2n) is 6.61. The zero-order valence-corrected chi connectivity index (χ0v) is 12.4. The van der Waals surface area contributed by atoms with Gasteiger partial charge in [-0.2, -0.15) is 13.2 Å². The minimum absolute atomic E-state index is 0.0550. The summed E-state index contributed by atoms with van der Waals surface area (Å²) in [6, 6.07) is 3.01. The lowest BCUT2D eigenvalue weighted by molar-refractivity contribution is -0.149. The fourth-order valence-corrected chi connectivity index (χ4v) is 4.05. The summed E-state index contributed by atoms with van der Waals surface area (Å²) in [5, 5.41) is 19.1. The van der Waals surface area contributed by atoms with Crippen molar-refractivity contribution in [2.24, 2.45) is 11.3 Å². The molecule has 1 aromatic rings. The summed E-state index contributed by atoms with van der Waals surface area (Å²) in [4.78, 5) is 13.5. The van der Waals surface area contributed by atoms with Gasteiger partial charge < -0.3 is 10.2 Å². The Hall–Kier alpha value is -1.76. The van der Waals surface area contributed by atoms with Crippen LogP contribution in [0, 0.1) is 11.3 Å². The smallest absolute Gasteiger partial charge is 0.416 e. The quantitative estimate of drug-likeness (QED) is 0.895. The number of hydrogen-bond donors (Lipinski definition) is 2. The minimum Gasteiger partial charge on any atom is -0.508 e. The number of carboxylic acids is 1. The number of benzene rings is 1. The fourth-order valence-electron chi connectivity index (χ4n) is 4.05. The van der Waals surface area contributed by atoms with E-state index in [9.17, 15) is 28.2 Å². The molecule has 0 bridgehead atoms. The molecule has 1 aromatic carbocycles. The van der Waals surface area contributed by atoms with Gasteiger partial charge in [0.2, 0.25) is 0 Å². The maximum absolute atomic E-state index is 12.8. The van der Waals surface area contributed by atoms with Crippen LogP contribution in [0.5, 0.6) is 5.75 Å². The summed E-state index contributed by atoms with van der Waals surface area (Å²) in [7, 11) is 0. The van der Waals surface area contributed by atoms with E-state index in [1.54, 1.807) is 0 Å². The molecule has 2 N–H and O–H groups in total. The van der Waals surface area contributed by atoms with Gasteiger partial charge in [0.25, 0.3) is 0 Å². The maximum atomic E-state index is 12.8. The molecule has 0 amide bonds. The van der Waals surface area contributed by atoms with Gasteiger partial charge >= 0.3 is 12.1 Å². The Morgan fingerprint density at radius 3 is 2.70 bits per heavy atom. The first-order valence-electron chi connectivity index (χ1n) is 7.56. The summed E-state index contributed by atoms with van der Waals surface area (Å²) < 4.78 is 38.4. The van der Waals surface area contributed by atoms with Crippen molar-refractivity contribution < 1.29 is 28.2 Å². The number of phenols is 1. The molecule has 3 rings (SSSR count). The minimum atomic E-state index is -4.52. The van der Waals surface area contributed by atoms with Gasteiger partial charge in [0.1, 0.15) is 5.75 Å². The molecule has 0 radical (unpaired) electrons. The zero-order valence-electron chi connectivity index (χ0n) is 12.4. The van der Waals surface area contributed by atoms with Gasteiger partial charge in [0.05, 0.1) is 11.0 Å². The third-order valence-electron chi connectivity index (χ3n) is 5.08. The van der Waals surface area contributed by atoms with Crippen molar-refractivity contribution in [3.63, 3.8) is 0 Å². The van der Waals surface area contributed by atoms with Crippen LogP contribution in [0.1, 0.15) is 30.4 Å². The molecule has 2 atom stereocenters. The van der Waals surface area contributed by atoms with Crippen LogP contribution in [0.25, 0.3) is 0 Å². The summed E-state index contributed by atoms with van der Waals surface area (Å²) in [5.74, 6) is -1.18. The van der Waals surface area contributed by atoms with Crippen LogP contribution >= 0.6 is 0 Å². The first kappa shape index (κ1) is 16.1. The third kappa shape index (κ3) is 2.89. The van der Waals surface area contributed by atoms with Gasteiger partial charge in [-0.15, -0.1) is 0 Å². The fraction of sp³-hybridized carbons (Fsp3) is 0.562. The molecule has 4 nitrogen and oxygen atoms in total. The second-order valence-corrected chi connectivity index (χ2v) is 6.61. The van der Waals surface area contributed by atoms with E-state index >= 15 is 0 Å². The maximum Gasteiger partial charge on any atom is 0.416 e. The van der Waals surface area contributed by atoms with E-state index in [-0.39, 0.29) is 12.5 Å². The van der Waals surface area contributed by atoms with E-state index in [1.807, 2.05) is 4.90 Å². The number of halogens is 3. The normalized spacial score (nSPS) is 28.0. The largest absolute Gasteiger partial charge is 0.508 e. The average Bonchev–Trinajstić information content (AvgIpc) is 2.94. The topological polar surface area (TPSA) is 60.8 Å². The number of rotatable bonds is 3. The van der Waals surface area contributed by atoms with E-state index in [2.05, 4.69) is 0 Å². The van der Waals surface area contributed by atoms with Gasteiger partial charge in [-0.1, -0.05) is 6.42 Å². The lowest BCUT2D eigenvalue weighted by Gasteiger charge is -2.23. The molecule has 2 aliphatic rings. The van der Waals surface area contributed by atoms with Gasteiger partial charge in [0.15, 0.2) is 0 Å². The lowest BCUT2D eigenvalue weighted by atomic mass is 9.81. The summed E-state index contributed by atoms with van der Waals surface area (Å²) >= 11 is 0. The Balaban J connectivity index is 1.79. The average molecular weight is 329 g/mol. The number of likely N-dealkylation sites (tertiary alicyclic amines) is 1. The van der Waals surface area contributed by atoms with E-state index in [1.165, 1.54) is 6.07 Å². The summed E-state index contributed by atoms with van der Waals surface area (Å²) in [5.41, 5.74) is -1.30. The lowest BCUT2D eigenvalue weighted by Crippen LogP contribution is -2.35. The van der Waals surface area contributed by atoms with Crippen LogP contribution < -0.4 is 0 Å². The molecule has 0 aromatic heterocycles. The van der Waals surface area contributed by atoms with Crippen LogP contribution in [0.3, 0.4) is 0 Å². The van der Waals surface area contributed by atoms with Crippen LogP contribution in [-0.4, -0.2) is 34.2 Å². The number of nitrogens with zero attached hydrogens (tertiary/aromatic N) is 1. The van der Waals surface area contributed by atoms with E-state index < -0.39 is 28.9 Å². The van der Waals surface area contributed by atoms with Crippen molar-refractivity contribution in [3.05, 3.63) is 29.3 Å². The molecule has 7 heteroatoms. The second kappa shape index (κ2) is 5.40. The van der Waals surface area contributed by atoms with E-state index in [0.29, 0.717) is 31.1 Å². The van der Waals surface area contributed by atoms with Crippen LogP contribution in [0.15, 0.2) is 18.2 Å². The zero-order chi connectivity index (χ0) is 16.8. The highest BCUT2D eigenvalue weighted by atomic mass is 19.4. The van der Waals surface area contributed by atoms with Crippen molar-refractivity contribution >= 4 is 5.97 Å². The molecular weight excluding hydrogens is 311 g/mol. The molecule has 1 saturated carbocycles. The van der Waals surface area contributed by atoms with Gasteiger partial charge in [-0.25, -0.2) is 0 Å². The van der Waals surface area contributed by atoms with Crippen LogP contribution in [0.4, 0.5) is 13.2 Å². The predicted molar refractivity (Wildman–Crippen MR) is 75.8 cm³/mol. The van der Waals surface area contributed by atoms with E-state index in [4.69, 9.17) is 0 Å². The molecule has 1 saturated heterocycles. The van der Waals surface area contributed by atoms with Crippen molar-refractivity contribution in [2.45, 2.75) is 32.0 Å². The molecule has 126 valence electrons. The SMILES string of the molecule is O=C(O)[C@@]12CCC[C@H]1CN(Cc1cc(O)cc(C(F)(F)F)c1)C2. The Morgan fingerprint density at radius 2 is 2.09 bits per heavy atom. The number of carbonyl (C=O) groups is 1. The summed E-state index contributed by atoms with van der Waals surface area (Å²) in [6.45, 7) is 1.14. The van der Waals surface area contributed by atoms with Gasteiger partial charge in [0, 0.05) is 19.6 Å². The molecule has 0 spiro atoms. The number of aromatic hydroxyl groups is 1. The Morgan fingerprint density at radius 1 is 1.35 bits per heavy atom. The standard InChI is InChI=1S/C16H18F3NO3/c17-16(18,19)12-4-10(5-13(21)6-12)7-20-8-11-2-1-3-15(11,9-20)14(22)23/h4-6,11,21H,1-3,7-9H2,(H,22,23)/t11-,15+/m0/s1. The molecule has 0 unspecified atom stereocenters. The predicted octanol–water partition coefficient (Wildman–Crippen LogP) is 3.10. The molecule has 1 heterocycles. The van der Waals surface area contributed by atoms with Crippen molar-refractivity contribution in [1.29, 1.82) is 0 Å². The monoisotopic (exact) mass is 329 g/mol. The number of alkyl halides is 3. The summed E-state index contributed by atoms with van der Waals surface area (Å²) in [6.07, 6.45) is -2.17. The van der Waals surface area contributed by atoms with E-state index in [0.717, 1.165) is 18.9 Å². The van der Waals surface area contributed by atoms with Gasteiger partial charge in [-0.3, -0.25) is 9.69 Å². The highest BCUT2D eigenvalue weighted by Gasteiger charge is 2.54. The number of carboxylic acid groups (broad SMARTS) is 1.